The standard InChI is InChI=1S/C17H12FNO/c18-13-8-6-11-14(20)9-7-12-15(11)17(13)19-16(12)10-4-2-1-3-5-10/h1-6,8,19H,7,9H2. The molecular formula is C17H12FNO. The van der Waals surface area contributed by atoms with E-state index in [4.69, 9.17) is 0 Å². The third-order valence-electron chi connectivity index (χ3n) is 3.97. The molecule has 20 heavy (non-hydrogen) atoms. The normalized spacial score (nSPS) is 13.9. The first-order valence-electron chi connectivity index (χ1n) is 6.67. The van der Waals surface area contributed by atoms with Crippen molar-refractivity contribution in [2.24, 2.45) is 0 Å². The summed E-state index contributed by atoms with van der Waals surface area (Å²) in [6.07, 6.45) is 1.16. The van der Waals surface area contributed by atoms with Gasteiger partial charge in [-0.15, -0.1) is 0 Å². The molecule has 0 radical (unpaired) electrons. The van der Waals surface area contributed by atoms with Gasteiger partial charge in [0.15, 0.2) is 5.78 Å². The molecule has 3 heteroatoms. The van der Waals surface area contributed by atoms with Crippen LogP contribution in [0.25, 0.3) is 22.2 Å². The van der Waals surface area contributed by atoms with Crippen molar-refractivity contribution in [3.8, 4) is 11.3 Å². The molecule has 4 rings (SSSR count). The van der Waals surface area contributed by atoms with E-state index in [9.17, 15) is 9.18 Å². The highest BCUT2D eigenvalue weighted by Gasteiger charge is 2.25. The van der Waals surface area contributed by atoms with Gasteiger partial charge in [-0.1, -0.05) is 30.3 Å². The molecule has 0 aliphatic heterocycles. The summed E-state index contributed by atoms with van der Waals surface area (Å²) >= 11 is 0. The number of H-pyrrole nitrogens is 1. The van der Waals surface area contributed by atoms with Gasteiger partial charge in [0.2, 0.25) is 0 Å². The molecule has 98 valence electrons. The van der Waals surface area contributed by atoms with Crippen LogP contribution in [-0.2, 0) is 6.42 Å². The lowest BCUT2D eigenvalue weighted by atomic mass is 9.89. The molecule has 1 N–H and O–H groups in total. The van der Waals surface area contributed by atoms with Crippen molar-refractivity contribution in [2.75, 3.05) is 0 Å². The van der Waals surface area contributed by atoms with Gasteiger partial charge in [-0.25, -0.2) is 4.39 Å². The van der Waals surface area contributed by atoms with Gasteiger partial charge < -0.3 is 4.98 Å². The van der Waals surface area contributed by atoms with Gasteiger partial charge in [-0.2, -0.15) is 0 Å². The molecule has 1 aromatic heterocycles. The van der Waals surface area contributed by atoms with Crippen molar-refractivity contribution in [1.29, 1.82) is 0 Å². The van der Waals surface area contributed by atoms with E-state index < -0.39 is 0 Å². The van der Waals surface area contributed by atoms with Crippen LogP contribution < -0.4 is 0 Å². The second-order valence-electron chi connectivity index (χ2n) is 5.11. The number of benzene rings is 2. The maximum atomic E-state index is 14.0. The molecule has 0 saturated carbocycles. The van der Waals surface area contributed by atoms with Crippen LogP contribution in [0.5, 0.6) is 0 Å². The Morgan fingerprint density at radius 2 is 1.80 bits per heavy atom. The van der Waals surface area contributed by atoms with E-state index in [-0.39, 0.29) is 11.6 Å². The number of nitrogens with one attached hydrogen (secondary N) is 1. The summed E-state index contributed by atoms with van der Waals surface area (Å²) in [4.78, 5) is 15.2. The summed E-state index contributed by atoms with van der Waals surface area (Å²) in [7, 11) is 0. The lowest BCUT2D eigenvalue weighted by molar-refractivity contribution is 0.0982. The third kappa shape index (κ3) is 1.46. The van der Waals surface area contributed by atoms with E-state index in [1.807, 2.05) is 30.3 Å². The molecule has 2 aromatic carbocycles. The summed E-state index contributed by atoms with van der Waals surface area (Å²) in [5, 5.41) is 0.764. The molecule has 2 nitrogen and oxygen atoms in total. The van der Waals surface area contributed by atoms with Crippen molar-refractivity contribution in [2.45, 2.75) is 12.8 Å². The number of hydrogen-bond donors (Lipinski definition) is 1. The zero-order chi connectivity index (χ0) is 13.7. The maximum absolute atomic E-state index is 14.0. The predicted molar refractivity (Wildman–Crippen MR) is 76.3 cm³/mol. The van der Waals surface area contributed by atoms with Crippen LogP contribution in [0, 0.1) is 5.82 Å². The van der Waals surface area contributed by atoms with Crippen LogP contribution in [0.4, 0.5) is 4.39 Å². The van der Waals surface area contributed by atoms with Crippen molar-refractivity contribution in [1.82, 2.24) is 4.98 Å². The van der Waals surface area contributed by atoms with Crippen LogP contribution in [0.3, 0.4) is 0 Å². The number of halogens is 1. The summed E-state index contributed by atoms with van der Waals surface area (Å²) in [5.74, 6) is -0.206. The Morgan fingerprint density at radius 3 is 2.60 bits per heavy atom. The van der Waals surface area contributed by atoms with Crippen LogP contribution in [-0.4, -0.2) is 10.8 Å². The number of Topliss-reactive ketones (excluding diaryl/α,β-unsaturated/α-hetero) is 1. The average molecular weight is 265 g/mol. The molecule has 0 fully saturated rings. The van der Waals surface area contributed by atoms with Gasteiger partial charge in [0.25, 0.3) is 0 Å². The van der Waals surface area contributed by atoms with Gasteiger partial charge in [-0.05, 0) is 29.7 Å². The third-order valence-corrected chi connectivity index (χ3v) is 3.97. The van der Waals surface area contributed by atoms with E-state index in [1.165, 1.54) is 6.07 Å². The van der Waals surface area contributed by atoms with Crippen molar-refractivity contribution in [3.63, 3.8) is 0 Å². The molecule has 1 heterocycles. The molecule has 3 aromatic rings. The van der Waals surface area contributed by atoms with E-state index in [0.29, 0.717) is 23.9 Å². The Hall–Kier alpha value is -2.42. The van der Waals surface area contributed by atoms with E-state index >= 15 is 0 Å². The lowest BCUT2D eigenvalue weighted by Crippen LogP contribution is -2.08. The summed E-state index contributed by atoms with van der Waals surface area (Å²) in [6, 6.07) is 12.8. The topological polar surface area (TPSA) is 32.9 Å². The number of hydrogen-bond acceptors (Lipinski definition) is 1. The Bertz CT molecular complexity index is 833. The van der Waals surface area contributed by atoms with Gasteiger partial charge in [0, 0.05) is 23.1 Å². The molecule has 0 saturated heterocycles. The fraction of sp³-hybridized carbons (Fsp3) is 0.118. The van der Waals surface area contributed by atoms with E-state index in [0.717, 1.165) is 22.2 Å². The van der Waals surface area contributed by atoms with Crippen molar-refractivity contribution < 1.29 is 9.18 Å². The van der Waals surface area contributed by atoms with Gasteiger partial charge in [0.05, 0.1) is 5.52 Å². The summed E-state index contributed by atoms with van der Waals surface area (Å²) in [5.41, 5.74) is 4.10. The first-order valence-corrected chi connectivity index (χ1v) is 6.67. The highest BCUT2D eigenvalue weighted by molar-refractivity contribution is 6.12. The Labute approximate surface area is 115 Å². The quantitative estimate of drug-likeness (QED) is 0.706. The highest BCUT2D eigenvalue weighted by atomic mass is 19.1. The number of ketones is 1. The molecule has 0 bridgehead atoms. The first-order chi connectivity index (χ1) is 9.75. The molecule has 0 spiro atoms. The van der Waals surface area contributed by atoms with Crippen LogP contribution in [0.1, 0.15) is 22.3 Å². The summed E-state index contributed by atoms with van der Waals surface area (Å²) < 4.78 is 14.0. The predicted octanol–water partition coefficient (Wildman–Crippen LogP) is 4.10. The lowest BCUT2D eigenvalue weighted by Gasteiger charge is -2.12. The molecular weight excluding hydrogens is 253 g/mol. The molecule has 0 unspecified atom stereocenters. The Morgan fingerprint density at radius 1 is 1.00 bits per heavy atom. The minimum atomic E-state index is -0.304. The number of aromatic nitrogens is 1. The number of aromatic amines is 1. The van der Waals surface area contributed by atoms with Gasteiger partial charge in [0.1, 0.15) is 5.82 Å². The Kier molecular flexibility index (Phi) is 2.30. The zero-order valence-corrected chi connectivity index (χ0v) is 10.7. The highest BCUT2D eigenvalue weighted by Crippen LogP contribution is 2.37. The largest absolute Gasteiger partial charge is 0.352 e. The fourth-order valence-electron chi connectivity index (χ4n) is 3.05. The zero-order valence-electron chi connectivity index (χ0n) is 10.7. The minimum Gasteiger partial charge on any atom is -0.352 e. The molecule has 0 amide bonds. The fourth-order valence-corrected chi connectivity index (χ4v) is 3.05. The number of carbonyl (C=O) groups is 1. The second kappa shape index (κ2) is 4.04. The number of aryl methyl sites for hydroxylation is 1. The SMILES string of the molecule is O=C1CCc2c(-c3ccccc3)[nH]c3c(F)ccc1c23. The van der Waals surface area contributed by atoms with Crippen LogP contribution >= 0.6 is 0 Å². The van der Waals surface area contributed by atoms with Gasteiger partial charge in [-0.3, -0.25) is 4.79 Å². The smallest absolute Gasteiger partial charge is 0.163 e. The Balaban J connectivity index is 2.11. The second-order valence-corrected chi connectivity index (χ2v) is 5.11. The van der Waals surface area contributed by atoms with Crippen LogP contribution in [0.15, 0.2) is 42.5 Å². The number of rotatable bonds is 1. The minimum absolute atomic E-state index is 0.0983. The van der Waals surface area contributed by atoms with E-state index in [1.54, 1.807) is 6.07 Å². The van der Waals surface area contributed by atoms with Crippen molar-refractivity contribution in [3.05, 3.63) is 59.4 Å². The first kappa shape index (κ1) is 11.4. The monoisotopic (exact) mass is 265 g/mol. The molecule has 1 aliphatic carbocycles. The maximum Gasteiger partial charge on any atom is 0.163 e. The summed E-state index contributed by atoms with van der Waals surface area (Å²) in [6.45, 7) is 0. The molecule has 1 aliphatic rings. The van der Waals surface area contributed by atoms with E-state index in [2.05, 4.69) is 4.98 Å². The average Bonchev–Trinajstić information content (AvgIpc) is 2.87. The number of carbonyl (C=O) groups excluding carboxylic acids is 1. The molecule has 0 atom stereocenters. The van der Waals surface area contributed by atoms with Crippen LogP contribution in [0.2, 0.25) is 0 Å². The van der Waals surface area contributed by atoms with Gasteiger partial charge >= 0.3 is 0 Å². The van der Waals surface area contributed by atoms with Crippen molar-refractivity contribution >= 4 is 16.7 Å².